The van der Waals surface area contributed by atoms with E-state index in [9.17, 15) is 14.9 Å². The quantitative estimate of drug-likeness (QED) is 0.310. The van der Waals surface area contributed by atoms with Gasteiger partial charge in [-0.15, -0.1) is 0 Å². The van der Waals surface area contributed by atoms with E-state index in [1.54, 1.807) is 12.3 Å². The van der Waals surface area contributed by atoms with Gasteiger partial charge in [-0.3, -0.25) is 14.9 Å². The number of nitrogens with zero attached hydrogens (tertiary/aromatic N) is 2. The van der Waals surface area contributed by atoms with E-state index in [-0.39, 0.29) is 11.4 Å². The van der Waals surface area contributed by atoms with E-state index in [4.69, 9.17) is 9.47 Å². The summed E-state index contributed by atoms with van der Waals surface area (Å²) in [5.74, 6) is 1.07. The second kappa shape index (κ2) is 7.95. The number of fused-ring (bicyclic) bond motifs is 1. The molecule has 0 aliphatic heterocycles. The molecule has 0 spiro atoms. The summed E-state index contributed by atoms with van der Waals surface area (Å²) in [5.41, 5.74) is -0.121. The molecule has 9 nitrogen and oxygen atoms in total. The molecule has 1 aromatic heterocycles. The van der Waals surface area contributed by atoms with Gasteiger partial charge < -0.3 is 20.1 Å². The van der Waals surface area contributed by atoms with Crippen LogP contribution in [0.25, 0.3) is 10.8 Å². The van der Waals surface area contributed by atoms with Crippen molar-refractivity contribution in [1.29, 1.82) is 0 Å². The third kappa shape index (κ3) is 3.45. The van der Waals surface area contributed by atoms with Crippen LogP contribution in [0, 0.1) is 10.1 Å². The van der Waals surface area contributed by atoms with Crippen molar-refractivity contribution < 1.29 is 19.2 Å². The Hall–Kier alpha value is -3.10. The molecule has 2 aromatic rings. The van der Waals surface area contributed by atoms with E-state index in [2.05, 4.69) is 15.6 Å². The van der Waals surface area contributed by atoms with Gasteiger partial charge in [0, 0.05) is 24.7 Å². The average molecular weight is 334 g/mol. The van der Waals surface area contributed by atoms with Gasteiger partial charge in [-0.2, -0.15) is 0 Å². The summed E-state index contributed by atoms with van der Waals surface area (Å²) < 4.78 is 10.5. The molecule has 1 heterocycles. The summed E-state index contributed by atoms with van der Waals surface area (Å²) in [5, 5.41) is 18.0. The molecule has 2 rings (SSSR count). The number of nitro groups is 1. The Morgan fingerprint density at radius 1 is 1.33 bits per heavy atom. The molecule has 2 N–H and O–H groups in total. The molecular formula is C15H18N4O5. The van der Waals surface area contributed by atoms with Crippen LogP contribution in [0.5, 0.6) is 11.5 Å². The van der Waals surface area contributed by atoms with Gasteiger partial charge in [-0.1, -0.05) is 0 Å². The van der Waals surface area contributed by atoms with Crippen molar-refractivity contribution >= 4 is 28.7 Å². The van der Waals surface area contributed by atoms with E-state index < -0.39 is 4.92 Å². The molecular weight excluding hydrogens is 316 g/mol. The highest BCUT2D eigenvalue weighted by atomic mass is 16.6. The van der Waals surface area contributed by atoms with Crippen LogP contribution in [0.4, 0.5) is 11.5 Å². The highest BCUT2D eigenvalue weighted by Crippen LogP contribution is 2.43. The van der Waals surface area contributed by atoms with E-state index in [1.807, 2.05) is 0 Å². The molecule has 9 heteroatoms. The number of hydrogen-bond acceptors (Lipinski definition) is 7. The molecule has 0 saturated heterocycles. The van der Waals surface area contributed by atoms with Gasteiger partial charge in [0.1, 0.15) is 11.2 Å². The van der Waals surface area contributed by atoms with Crippen molar-refractivity contribution in [1.82, 2.24) is 10.3 Å². The number of pyridine rings is 1. The Bertz CT molecular complexity index is 750. The van der Waals surface area contributed by atoms with E-state index in [0.29, 0.717) is 48.3 Å². The van der Waals surface area contributed by atoms with Crippen molar-refractivity contribution in [3.05, 3.63) is 28.4 Å². The van der Waals surface area contributed by atoms with Gasteiger partial charge in [0.05, 0.1) is 25.2 Å². The van der Waals surface area contributed by atoms with Crippen LogP contribution in [0.15, 0.2) is 18.3 Å². The fraction of sp³-hybridized carbons (Fsp3) is 0.333. The number of nitrogens with one attached hydrogen (secondary N) is 2. The Labute approximate surface area is 138 Å². The third-order valence-electron chi connectivity index (χ3n) is 3.44. The average Bonchev–Trinajstić information content (AvgIpc) is 2.59. The van der Waals surface area contributed by atoms with Crippen molar-refractivity contribution in [3.63, 3.8) is 0 Å². The van der Waals surface area contributed by atoms with Crippen LogP contribution >= 0.6 is 0 Å². The lowest BCUT2D eigenvalue weighted by Crippen LogP contribution is -2.16. The van der Waals surface area contributed by atoms with Gasteiger partial charge in [0.2, 0.25) is 6.41 Å². The number of nitro benzene ring substituents is 1. The lowest BCUT2D eigenvalue weighted by atomic mass is 10.1. The minimum atomic E-state index is -0.481. The second-order valence-electron chi connectivity index (χ2n) is 4.82. The topological polar surface area (TPSA) is 116 Å². The number of anilines is 1. The molecule has 0 radical (unpaired) electrons. The molecule has 0 unspecified atom stereocenters. The number of methoxy groups -OCH3 is 2. The lowest BCUT2D eigenvalue weighted by Gasteiger charge is -2.14. The minimum Gasteiger partial charge on any atom is -0.493 e. The molecule has 0 bridgehead atoms. The Morgan fingerprint density at radius 2 is 2.12 bits per heavy atom. The second-order valence-corrected chi connectivity index (χ2v) is 4.82. The van der Waals surface area contributed by atoms with Crippen molar-refractivity contribution in [2.24, 2.45) is 0 Å². The van der Waals surface area contributed by atoms with Crippen molar-refractivity contribution in [3.8, 4) is 11.5 Å². The SMILES string of the molecule is COc1cc([N+](=O)[O-])c2c(NCCCNC=O)nccc2c1OC. The summed E-state index contributed by atoms with van der Waals surface area (Å²) >= 11 is 0. The molecule has 0 aliphatic rings. The summed E-state index contributed by atoms with van der Waals surface area (Å²) in [4.78, 5) is 25.4. The van der Waals surface area contributed by atoms with Crippen LogP contribution in [-0.2, 0) is 4.79 Å². The Morgan fingerprint density at radius 3 is 2.75 bits per heavy atom. The summed E-state index contributed by atoms with van der Waals surface area (Å²) in [6.45, 7) is 0.999. The van der Waals surface area contributed by atoms with Gasteiger partial charge in [0.25, 0.3) is 5.69 Å². The van der Waals surface area contributed by atoms with Crippen LogP contribution < -0.4 is 20.1 Å². The van der Waals surface area contributed by atoms with Crippen LogP contribution in [0.2, 0.25) is 0 Å². The van der Waals surface area contributed by atoms with Crippen LogP contribution in [0.1, 0.15) is 6.42 Å². The third-order valence-corrected chi connectivity index (χ3v) is 3.44. The Kier molecular flexibility index (Phi) is 5.72. The number of rotatable bonds is 9. The fourth-order valence-electron chi connectivity index (χ4n) is 2.40. The van der Waals surface area contributed by atoms with Crippen LogP contribution in [0.3, 0.4) is 0 Å². The maximum Gasteiger partial charge on any atom is 0.284 e. The zero-order valence-corrected chi connectivity index (χ0v) is 13.4. The minimum absolute atomic E-state index is 0.121. The van der Waals surface area contributed by atoms with Gasteiger partial charge in [-0.05, 0) is 12.5 Å². The van der Waals surface area contributed by atoms with Gasteiger partial charge in [0.15, 0.2) is 11.5 Å². The van der Waals surface area contributed by atoms with E-state index >= 15 is 0 Å². The first-order chi connectivity index (χ1) is 11.6. The monoisotopic (exact) mass is 334 g/mol. The summed E-state index contributed by atoms with van der Waals surface area (Å²) in [6.07, 6.45) is 2.82. The highest BCUT2D eigenvalue weighted by molar-refractivity contribution is 6.04. The zero-order chi connectivity index (χ0) is 17.5. The first kappa shape index (κ1) is 17.3. The molecule has 1 amide bonds. The molecule has 0 aliphatic carbocycles. The Balaban J connectivity index is 2.48. The normalized spacial score (nSPS) is 10.2. The number of aromatic nitrogens is 1. The lowest BCUT2D eigenvalue weighted by molar-refractivity contribution is -0.383. The zero-order valence-electron chi connectivity index (χ0n) is 13.4. The maximum absolute atomic E-state index is 11.5. The number of amides is 1. The van der Waals surface area contributed by atoms with Crippen LogP contribution in [-0.4, -0.2) is 43.6 Å². The smallest absolute Gasteiger partial charge is 0.284 e. The first-order valence-electron chi connectivity index (χ1n) is 7.23. The van der Waals surface area contributed by atoms with E-state index in [1.165, 1.54) is 20.3 Å². The van der Waals surface area contributed by atoms with Crippen molar-refractivity contribution in [2.75, 3.05) is 32.6 Å². The summed E-state index contributed by atoms with van der Waals surface area (Å²) in [6, 6.07) is 2.96. The number of benzene rings is 1. The maximum atomic E-state index is 11.5. The standard InChI is InChI=1S/C15H18N4O5/c1-23-12-8-11(19(21)22)13-10(14(12)24-2)4-7-18-15(13)17-6-3-5-16-9-20/h4,7-9H,3,5-6H2,1-2H3,(H,16,20)(H,17,18). The van der Waals surface area contributed by atoms with Crippen molar-refractivity contribution in [2.45, 2.75) is 6.42 Å². The predicted octanol–water partition coefficient (Wildman–Crippen LogP) is 1.71. The number of non-ortho nitro benzene ring substituents is 1. The molecule has 0 atom stereocenters. The van der Waals surface area contributed by atoms with E-state index in [0.717, 1.165) is 0 Å². The molecule has 1 aromatic carbocycles. The molecule has 128 valence electrons. The predicted molar refractivity (Wildman–Crippen MR) is 88.7 cm³/mol. The molecule has 0 fully saturated rings. The van der Waals surface area contributed by atoms with Gasteiger partial charge in [-0.25, -0.2) is 4.98 Å². The fourth-order valence-corrected chi connectivity index (χ4v) is 2.40. The summed E-state index contributed by atoms with van der Waals surface area (Å²) in [7, 11) is 2.90. The molecule has 24 heavy (non-hydrogen) atoms. The highest BCUT2D eigenvalue weighted by Gasteiger charge is 2.23. The number of carbonyl (C=O) groups is 1. The largest absolute Gasteiger partial charge is 0.493 e. The number of hydrogen-bond donors (Lipinski definition) is 2. The number of carbonyl (C=O) groups excluding carboxylic acids is 1. The first-order valence-corrected chi connectivity index (χ1v) is 7.23. The molecule has 0 saturated carbocycles. The van der Waals surface area contributed by atoms with Gasteiger partial charge >= 0.3 is 0 Å². The number of ether oxygens (including phenoxy) is 2.